The van der Waals surface area contributed by atoms with Crippen molar-refractivity contribution in [1.82, 2.24) is 15.2 Å². The predicted molar refractivity (Wildman–Crippen MR) is 105 cm³/mol. The number of likely N-dealkylation sites (N-methyl/N-ethyl adjacent to an activating group) is 1. The van der Waals surface area contributed by atoms with Crippen molar-refractivity contribution in [3.05, 3.63) is 48.0 Å². The van der Waals surface area contributed by atoms with Crippen LogP contribution in [0, 0.1) is 5.82 Å². The highest BCUT2D eigenvalue weighted by Gasteiger charge is 2.24. The molecule has 0 spiro atoms. The molecule has 0 bridgehead atoms. The van der Waals surface area contributed by atoms with Crippen LogP contribution < -0.4 is 19.9 Å². The van der Waals surface area contributed by atoms with Gasteiger partial charge in [0.05, 0.1) is 24.1 Å². The van der Waals surface area contributed by atoms with Gasteiger partial charge in [0.2, 0.25) is 0 Å². The van der Waals surface area contributed by atoms with Crippen LogP contribution in [0.25, 0.3) is 0 Å². The maximum Gasteiger partial charge on any atom is 0.317 e. The number of aromatic nitrogens is 1. The summed E-state index contributed by atoms with van der Waals surface area (Å²) in [5, 5.41) is 3.01. The van der Waals surface area contributed by atoms with E-state index in [2.05, 4.69) is 15.2 Å². The van der Waals surface area contributed by atoms with Gasteiger partial charge in [-0.05, 0) is 17.7 Å². The number of ether oxygens (including phenoxy) is 1. The summed E-state index contributed by atoms with van der Waals surface area (Å²) in [7, 11) is 2.03. The predicted octanol–water partition coefficient (Wildman–Crippen LogP) is 2.08. The number of carbonyl (C=O) groups excluding carboxylic acids is 1. The van der Waals surface area contributed by atoms with Crippen molar-refractivity contribution in [2.24, 2.45) is 0 Å². The second-order valence-electron chi connectivity index (χ2n) is 6.99. The van der Waals surface area contributed by atoms with Gasteiger partial charge in [-0.2, -0.15) is 0 Å². The summed E-state index contributed by atoms with van der Waals surface area (Å²) in [6.45, 7) is 4.20. The number of para-hydroxylation sites is 1. The van der Waals surface area contributed by atoms with Gasteiger partial charge in [-0.1, -0.05) is 12.1 Å². The first kappa shape index (κ1) is 18.3. The summed E-state index contributed by atoms with van der Waals surface area (Å²) in [5.41, 5.74) is 2.60. The van der Waals surface area contributed by atoms with E-state index in [1.54, 1.807) is 17.2 Å². The third-order valence-corrected chi connectivity index (χ3v) is 5.24. The van der Waals surface area contributed by atoms with E-state index in [0.717, 1.165) is 23.5 Å². The first-order valence-corrected chi connectivity index (χ1v) is 9.46. The fourth-order valence-corrected chi connectivity index (χ4v) is 3.72. The minimum absolute atomic E-state index is 0.105. The topological polar surface area (TPSA) is 60.9 Å². The maximum atomic E-state index is 13.9. The summed E-state index contributed by atoms with van der Waals surface area (Å²) < 4.78 is 19.6. The number of urea groups is 1. The molecule has 2 aromatic rings. The standard InChI is InChI=1S/C20H24FN5O2/c1-24-11-12-28-18-4-2-3-15(19(18)24)13-23-20(27)26-9-7-25(8-10-26)17-5-6-22-14-16(17)21/h2-6,14H,7-13H2,1H3,(H,23,27). The number of rotatable bonds is 3. The Morgan fingerprint density at radius 2 is 2.04 bits per heavy atom. The Labute approximate surface area is 163 Å². The second kappa shape index (κ2) is 7.92. The van der Waals surface area contributed by atoms with Crippen LogP contribution in [0.15, 0.2) is 36.7 Å². The Hall–Kier alpha value is -3.03. The summed E-state index contributed by atoms with van der Waals surface area (Å²) in [6, 6.07) is 7.47. The molecule has 0 atom stereocenters. The second-order valence-corrected chi connectivity index (χ2v) is 6.99. The fourth-order valence-electron chi connectivity index (χ4n) is 3.72. The van der Waals surface area contributed by atoms with Crippen LogP contribution in [-0.4, -0.2) is 62.3 Å². The zero-order valence-electron chi connectivity index (χ0n) is 15.9. The normalized spacial score (nSPS) is 16.4. The van der Waals surface area contributed by atoms with E-state index in [1.165, 1.54) is 6.20 Å². The molecule has 1 aromatic carbocycles. The molecular formula is C20H24FN5O2. The summed E-state index contributed by atoms with van der Waals surface area (Å²) in [6.07, 6.45) is 2.80. The molecule has 0 aliphatic carbocycles. The van der Waals surface area contributed by atoms with Crippen LogP contribution in [0.1, 0.15) is 5.56 Å². The number of amides is 2. The van der Waals surface area contributed by atoms with Crippen molar-refractivity contribution in [3.8, 4) is 5.75 Å². The van der Waals surface area contributed by atoms with Crippen molar-refractivity contribution >= 4 is 17.4 Å². The molecule has 1 N–H and O–H groups in total. The monoisotopic (exact) mass is 385 g/mol. The number of piperazine rings is 1. The number of benzene rings is 1. The molecule has 2 aliphatic rings. The molecule has 4 rings (SSSR count). The Kier molecular flexibility index (Phi) is 5.18. The van der Waals surface area contributed by atoms with Crippen LogP contribution in [0.5, 0.6) is 5.75 Å². The largest absolute Gasteiger partial charge is 0.490 e. The lowest BCUT2D eigenvalue weighted by Gasteiger charge is -2.36. The lowest BCUT2D eigenvalue weighted by Crippen LogP contribution is -2.52. The molecule has 8 heteroatoms. The molecule has 3 heterocycles. The van der Waals surface area contributed by atoms with Crippen LogP contribution in [0.3, 0.4) is 0 Å². The minimum Gasteiger partial charge on any atom is -0.490 e. The van der Waals surface area contributed by atoms with Gasteiger partial charge >= 0.3 is 6.03 Å². The van der Waals surface area contributed by atoms with Gasteiger partial charge in [0.1, 0.15) is 12.4 Å². The minimum atomic E-state index is -0.333. The van der Waals surface area contributed by atoms with Gasteiger partial charge in [-0.25, -0.2) is 9.18 Å². The number of nitrogens with zero attached hydrogens (tertiary/aromatic N) is 4. The molecule has 148 valence electrons. The van der Waals surface area contributed by atoms with Gasteiger partial charge in [0, 0.05) is 46.0 Å². The van der Waals surface area contributed by atoms with Crippen molar-refractivity contribution < 1.29 is 13.9 Å². The Morgan fingerprint density at radius 1 is 1.21 bits per heavy atom. The average molecular weight is 385 g/mol. The summed E-state index contributed by atoms with van der Waals surface area (Å²) in [4.78, 5) is 22.3. The molecule has 0 unspecified atom stereocenters. The van der Waals surface area contributed by atoms with E-state index in [-0.39, 0.29) is 11.8 Å². The maximum absolute atomic E-state index is 13.9. The fraction of sp³-hybridized carbons (Fsp3) is 0.400. The number of halogens is 1. The molecular weight excluding hydrogens is 361 g/mol. The van der Waals surface area contributed by atoms with Gasteiger partial charge < -0.3 is 24.8 Å². The van der Waals surface area contributed by atoms with E-state index in [1.807, 2.05) is 30.1 Å². The van der Waals surface area contributed by atoms with Crippen LogP contribution in [0.2, 0.25) is 0 Å². The molecule has 2 aliphatic heterocycles. The van der Waals surface area contributed by atoms with Crippen molar-refractivity contribution in [1.29, 1.82) is 0 Å². The Balaban J connectivity index is 1.34. The number of nitrogens with one attached hydrogen (secondary N) is 1. The summed E-state index contributed by atoms with van der Waals surface area (Å²) >= 11 is 0. The molecule has 7 nitrogen and oxygen atoms in total. The van der Waals surface area contributed by atoms with E-state index in [4.69, 9.17) is 4.74 Å². The van der Waals surface area contributed by atoms with Gasteiger partial charge in [-0.15, -0.1) is 0 Å². The third kappa shape index (κ3) is 3.67. The van der Waals surface area contributed by atoms with Crippen LogP contribution in [-0.2, 0) is 6.54 Å². The molecule has 2 amide bonds. The summed E-state index contributed by atoms with van der Waals surface area (Å²) in [5.74, 6) is 0.522. The quantitative estimate of drug-likeness (QED) is 0.877. The molecule has 1 aromatic heterocycles. The van der Waals surface area contributed by atoms with E-state index >= 15 is 0 Å². The van der Waals surface area contributed by atoms with Gasteiger partial charge in [0.25, 0.3) is 0 Å². The molecule has 0 saturated carbocycles. The Bertz CT molecular complexity index is 854. The number of anilines is 2. The molecule has 0 radical (unpaired) electrons. The third-order valence-electron chi connectivity index (χ3n) is 5.24. The molecule has 28 heavy (non-hydrogen) atoms. The van der Waals surface area contributed by atoms with Crippen LogP contribution >= 0.6 is 0 Å². The highest BCUT2D eigenvalue weighted by molar-refractivity contribution is 5.75. The zero-order chi connectivity index (χ0) is 19.5. The van der Waals surface area contributed by atoms with E-state index in [9.17, 15) is 9.18 Å². The van der Waals surface area contributed by atoms with E-state index < -0.39 is 0 Å². The lowest BCUT2D eigenvalue weighted by atomic mass is 10.1. The smallest absolute Gasteiger partial charge is 0.317 e. The number of hydrogen-bond acceptors (Lipinski definition) is 5. The van der Waals surface area contributed by atoms with Crippen molar-refractivity contribution in [2.45, 2.75) is 6.54 Å². The number of hydrogen-bond donors (Lipinski definition) is 1. The van der Waals surface area contributed by atoms with E-state index in [0.29, 0.717) is 45.0 Å². The number of carbonyl (C=O) groups is 1. The first-order valence-electron chi connectivity index (χ1n) is 9.46. The molecule has 1 saturated heterocycles. The Morgan fingerprint density at radius 3 is 2.82 bits per heavy atom. The average Bonchev–Trinajstić information content (AvgIpc) is 2.72. The lowest BCUT2D eigenvalue weighted by molar-refractivity contribution is 0.194. The van der Waals surface area contributed by atoms with Gasteiger partial charge in [-0.3, -0.25) is 4.98 Å². The zero-order valence-corrected chi connectivity index (χ0v) is 15.9. The first-order chi connectivity index (χ1) is 13.6. The SMILES string of the molecule is CN1CCOc2cccc(CNC(=O)N3CCN(c4ccncc4F)CC3)c21. The molecule has 1 fully saturated rings. The number of pyridine rings is 1. The highest BCUT2D eigenvalue weighted by Crippen LogP contribution is 2.34. The van der Waals surface area contributed by atoms with Crippen molar-refractivity contribution in [2.75, 3.05) is 56.2 Å². The van der Waals surface area contributed by atoms with Gasteiger partial charge in [0.15, 0.2) is 5.82 Å². The highest BCUT2D eigenvalue weighted by atomic mass is 19.1. The number of fused-ring (bicyclic) bond motifs is 1. The van der Waals surface area contributed by atoms with Crippen molar-refractivity contribution in [3.63, 3.8) is 0 Å². The van der Waals surface area contributed by atoms with Crippen LogP contribution in [0.4, 0.5) is 20.6 Å².